The Morgan fingerprint density at radius 1 is 1.29 bits per heavy atom. The highest BCUT2D eigenvalue weighted by Gasteiger charge is 2.30. The number of hydrogen-bond donors (Lipinski definition) is 2. The topological polar surface area (TPSA) is 61.8 Å². The summed E-state index contributed by atoms with van der Waals surface area (Å²) < 4.78 is 5.13. The van der Waals surface area contributed by atoms with Gasteiger partial charge < -0.3 is 20.1 Å². The van der Waals surface area contributed by atoms with Gasteiger partial charge >= 0.3 is 6.09 Å². The van der Waals surface area contributed by atoms with E-state index >= 15 is 0 Å². The van der Waals surface area contributed by atoms with Crippen LogP contribution in [0.5, 0.6) is 0 Å². The van der Waals surface area contributed by atoms with Gasteiger partial charge in [0, 0.05) is 25.7 Å². The van der Waals surface area contributed by atoms with E-state index in [0.717, 1.165) is 31.8 Å². The van der Waals surface area contributed by atoms with Crippen molar-refractivity contribution in [2.45, 2.75) is 51.5 Å². The fraction of sp³-hybridized carbons (Fsp3) is 0.938. The number of aliphatic hydroxyl groups excluding tert-OH is 1. The van der Waals surface area contributed by atoms with Crippen molar-refractivity contribution in [2.24, 2.45) is 11.8 Å². The molecule has 2 rings (SSSR count). The van der Waals surface area contributed by atoms with E-state index < -0.39 is 0 Å². The molecular weight excluding hydrogens is 268 g/mol. The second-order valence-corrected chi connectivity index (χ2v) is 6.47. The summed E-state index contributed by atoms with van der Waals surface area (Å²) in [6.45, 7) is 4.95. The van der Waals surface area contributed by atoms with Gasteiger partial charge in [-0.2, -0.15) is 0 Å². The van der Waals surface area contributed by atoms with Crippen molar-refractivity contribution < 1.29 is 14.6 Å². The number of rotatable bonds is 6. The standard InChI is InChI=1S/C16H30N2O3/c1-2-21-16(20)18-11-14(7-8-19)9-15(12-18)17-10-13-5-3-4-6-13/h13-15,17,19H,2-12H2,1H3. The zero-order valence-electron chi connectivity index (χ0n) is 13.2. The van der Waals surface area contributed by atoms with Crippen LogP contribution in [0.15, 0.2) is 0 Å². The molecule has 122 valence electrons. The summed E-state index contributed by atoms with van der Waals surface area (Å²) in [6, 6.07) is 0.334. The number of nitrogens with one attached hydrogen (secondary N) is 1. The van der Waals surface area contributed by atoms with Gasteiger partial charge in [0.25, 0.3) is 0 Å². The lowest BCUT2D eigenvalue weighted by Crippen LogP contribution is -2.52. The summed E-state index contributed by atoms with van der Waals surface area (Å²) in [5, 5.41) is 12.8. The molecule has 21 heavy (non-hydrogen) atoms. The van der Waals surface area contributed by atoms with Crippen LogP contribution in [0.25, 0.3) is 0 Å². The Kier molecular flexibility index (Phi) is 6.77. The minimum Gasteiger partial charge on any atom is -0.450 e. The number of aliphatic hydroxyl groups is 1. The molecule has 1 saturated heterocycles. The molecule has 2 unspecified atom stereocenters. The molecular formula is C16H30N2O3. The Balaban J connectivity index is 1.84. The lowest BCUT2D eigenvalue weighted by molar-refractivity contribution is 0.0729. The monoisotopic (exact) mass is 298 g/mol. The van der Waals surface area contributed by atoms with Crippen molar-refractivity contribution in [3.05, 3.63) is 0 Å². The first-order valence-electron chi connectivity index (χ1n) is 8.48. The zero-order valence-corrected chi connectivity index (χ0v) is 13.2. The molecule has 0 spiro atoms. The molecule has 0 aromatic rings. The highest BCUT2D eigenvalue weighted by molar-refractivity contribution is 5.67. The molecule has 2 fully saturated rings. The predicted molar refractivity (Wildman–Crippen MR) is 82.2 cm³/mol. The second-order valence-electron chi connectivity index (χ2n) is 6.47. The van der Waals surface area contributed by atoms with E-state index in [1.807, 2.05) is 6.92 Å². The summed E-state index contributed by atoms with van der Waals surface area (Å²) in [7, 11) is 0. The van der Waals surface area contributed by atoms with E-state index in [0.29, 0.717) is 25.1 Å². The molecule has 0 bridgehead atoms. The molecule has 1 saturated carbocycles. The van der Waals surface area contributed by atoms with Crippen molar-refractivity contribution in [1.82, 2.24) is 10.2 Å². The minimum atomic E-state index is -0.215. The van der Waals surface area contributed by atoms with Crippen LogP contribution in [-0.4, -0.2) is 55.0 Å². The van der Waals surface area contributed by atoms with Gasteiger partial charge in [0.05, 0.1) is 6.61 Å². The first-order valence-corrected chi connectivity index (χ1v) is 8.48. The Hall–Kier alpha value is -0.810. The number of piperidine rings is 1. The zero-order chi connectivity index (χ0) is 15.1. The van der Waals surface area contributed by atoms with Crippen molar-refractivity contribution in [3.63, 3.8) is 0 Å². The van der Waals surface area contributed by atoms with Gasteiger partial charge in [-0.05, 0) is 51.0 Å². The average molecular weight is 298 g/mol. The van der Waals surface area contributed by atoms with Gasteiger partial charge in [0.1, 0.15) is 0 Å². The maximum Gasteiger partial charge on any atom is 0.409 e. The summed E-state index contributed by atoms with van der Waals surface area (Å²) in [5.41, 5.74) is 0. The number of likely N-dealkylation sites (tertiary alicyclic amines) is 1. The summed E-state index contributed by atoms with van der Waals surface area (Å²) in [4.78, 5) is 13.8. The Bertz CT molecular complexity index is 319. The SMILES string of the molecule is CCOC(=O)N1CC(CCO)CC(NCC2CCCC2)C1. The molecule has 1 heterocycles. The van der Waals surface area contributed by atoms with Crippen LogP contribution in [0.1, 0.15) is 45.4 Å². The van der Waals surface area contributed by atoms with Gasteiger partial charge in [-0.1, -0.05) is 12.8 Å². The molecule has 1 amide bonds. The molecule has 1 aliphatic heterocycles. The number of carbonyl (C=O) groups is 1. The summed E-state index contributed by atoms with van der Waals surface area (Å²) in [5.74, 6) is 1.17. The number of hydrogen-bond acceptors (Lipinski definition) is 4. The molecule has 2 atom stereocenters. The van der Waals surface area contributed by atoms with Crippen LogP contribution >= 0.6 is 0 Å². The fourth-order valence-corrected chi connectivity index (χ4v) is 3.65. The number of ether oxygens (including phenoxy) is 1. The normalized spacial score (nSPS) is 27.0. The van der Waals surface area contributed by atoms with E-state index in [1.54, 1.807) is 4.90 Å². The van der Waals surface area contributed by atoms with Crippen LogP contribution in [0.2, 0.25) is 0 Å². The lowest BCUT2D eigenvalue weighted by atomic mass is 9.91. The van der Waals surface area contributed by atoms with Crippen LogP contribution in [0, 0.1) is 11.8 Å². The number of nitrogens with zero attached hydrogens (tertiary/aromatic N) is 1. The van der Waals surface area contributed by atoms with E-state index in [9.17, 15) is 9.90 Å². The van der Waals surface area contributed by atoms with Gasteiger partial charge in [-0.15, -0.1) is 0 Å². The summed E-state index contributed by atoms with van der Waals surface area (Å²) in [6.07, 6.45) is 6.98. The Labute approximate surface area is 128 Å². The largest absolute Gasteiger partial charge is 0.450 e. The van der Waals surface area contributed by atoms with Crippen LogP contribution in [-0.2, 0) is 4.74 Å². The van der Waals surface area contributed by atoms with E-state index in [4.69, 9.17) is 4.74 Å². The van der Waals surface area contributed by atoms with E-state index in [2.05, 4.69) is 5.32 Å². The van der Waals surface area contributed by atoms with E-state index in [-0.39, 0.29) is 12.7 Å². The van der Waals surface area contributed by atoms with Crippen molar-refractivity contribution in [2.75, 3.05) is 32.8 Å². The molecule has 5 nitrogen and oxygen atoms in total. The molecule has 2 N–H and O–H groups in total. The predicted octanol–water partition coefficient (Wildman–Crippen LogP) is 2.00. The van der Waals surface area contributed by atoms with Crippen molar-refractivity contribution in [1.29, 1.82) is 0 Å². The third kappa shape index (κ3) is 5.15. The summed E-state index contributed by atoms with van der Waals surface area (Å²) >= 11 is 0. The molecule has 2 aliphatic rings. The van der Waals surface area contributed by atoms with Crippen LogP contribution < -0.4 is 5.32 Å². The minimum absolute atomic E-state index is 0.191. The van der Waals surface area contributed by atoms with Crippen molar-refractivity contribution in [3.8, 4) is 0 Å². The third-order valence-corrected chi connectivity index (χ3v) is 4.77. The molecule has 1 aliphatic carbocycles. The van der Waals surface area contributed by atoms with Crippen molar-refractivity contribution >= 4 is 6.09 Å². The third-order valence-electron chi connectivity index (χ3n) is 4.77. The molecule has 0 radical (unpaired) electrons. The van der Waals surface area contributed by atoms with E-state index in [1.165, 1.54) is 25.7 Å². The molecule has 5 heteroatoms. The maximum atomic E-state index is 12.0. The van der Waals surface area contributed by atoms with Gasteiger partial charge in [0.15, 0.2) is 0 Å². The number of amides is 1. The highest BCUT2D eigenvalue weighted by atomic mass is 16.6. The second kappa shape index (κ2) is 8.59. The molecule has 0 aromatic carbocycles. The first kappa shape index (κ1) is 16.6. The first-order chi connectivity index (χ1) is 10.2. The lowest BCUT2D eigenvalue weighted by Gasteiger charge is -2.37. The van der Waals surface area contributed by atoms with Gasteiger partial charge in [0.2, 0.25) is 0 Å². The van der Waals surface area contributed by atoms with Gasteiger partial charge in [-0.3, -0.25) is 0 Å². The smallest absolute Gasteiger partial charge is 0.409 e. The number of carbonyl (C=O) groups excluding carboxylic acids is 1. The molecule has 0 aromatic heterocycles. The fourth-order valence-electron chi connectivity index (χ4n) is 3.65. The van der Waals surface area contributed by atoms with Gasteiger partial charge in [-0.25, -0.2) is 4.79 Å². The highest BCUT2D eigenvalue weighted by Crippen LogP contribution is 2.25. The van der Waals surface area contributed by atoms with Crippen LogP contribution in [0.3, 0.4) is 0 Å². The van der Waals surface area contributed by atoms with Crippen LogP contribution in [0.4, 0.5) is 4.79 Å². The quantitative estimate of drug-likeness (QED) is 0.787. The average Bonchev–Trinajstić information content (AvgIpc) is 2.99. The Morgan fingerprint density at radius 3 is 2.71 bits per heavy atom. The Morgan fingerprint density at radius 2 is 2.05 bits per heavy atom. The maximum absolute atomic E-state index is 12.0.